The highest BCUT2D eigenvalue weighted by Crippen LogP contribution is 2.13. The van der Waals surface area contributed by atoms with Crippen LogP contribution in [0, 0.1) is 0 Å². The van der Waals surface area contributed by atoms with E-state index in [-0.39, 0.29) is 0 Å². The normalized spacial score (nSPS) is 10.7. The summed E-state index contributed by atoms with van der Waals surface area (Å²) in [6.45, 7) is 0. The number of aliphatic carboxylic acids is 1. The Labute approximate surface area is 87.3 Å². The van der Waals surface area contributed by atoms with Gasteiger partial charge in [0.1, 0.15) is 5.52 Å². The van der Waals surface area contributed by atoms with E-state index in [0.29, 0.717) is 0 Å². The van der Waals surface area contributed by atoms with Crippen molar-refractivity contribution in [1.82, 2.24) is 4.98 Å². The quantitative estimate of drug-likeness (QED) is 0.759. The van der Waals surface area contributed by atoms with E-state index < -0.39 is 12.1 Å². The van der Waals surface area contributed by atoms with Crippen LogP contribution in [0.25, 0.3) is 11.1 Å². The molecule has 0 amide bonds. The third-order valence-electron chi connectivity index (χ3n) is 1.48. The fourth-order valence-corrected chi connectivity index (χ4v) is 0.803. The monoisotopic (exact) mass is 233 g/mol. The van der Waals surface area contributed by atoms with E-state index >= 15 is 0 Å². The Morgan fingerprint density at radius 2 is 1.88 bits per heavy atom. The first kappa shape index (κ1) is 12.0. The molecule has 0 atom stereocenters. The first-order valence-electron chi connectivity index (χ1n) is 3.99. The van der Waals surface area contributed by atoms with E-state index in [4.69, 9.17) is 14.3 Å². The molecule has 4 nitrogen and oxygen atoms in total. The topological polar surface area (TPSA) is 63.3 Å². The van der Waals surface area contributed by atoms with Crippen LogP contribution in [0.4, 0.5) is 13.2 Å². The summed E-state index contributed by atoms with van der Waals surface area (Å²) in [5.74, 6) is -2.76. The summed E-state index contributed by atoms with van der Waals surface area (Å²) in [5, 5.41) is 7.12. The average molecular weight is 233 g/mol. The first-order valence-corrected chi connectivity index (χ1v) is 3.99. The summed E-state index contributed by atoms with van der Waals surface area (Å²) in [6.07, 6.45) is -3.63. The van der Waals surface area contributed by atoms with Gasteiger partial charge in [-0.15, -0.1) is 0 Å². The lowest BCUT2D eigenvalue weighted by Crippen LogP contribution is -2.21. The van der Waals surface area contributed by atoms with Crippen molar-refractivity contribution < 1.29 is 27.5 Å². The SMILES string of the molecule is O=C(O)C(F)(F)F.c1ccc2ocnc2c1. The Kier molecular flexibility index (Phi) is 3.49. The molecule has 0 saturated carbocycles. The van der Waals surface area contributed by atoms with E-state index in [2.05, 4.69) is 4.98 Å². The highest BCUT2D eigenvalue weighted by Gasteiger charge is 2.38. The lowest BCUT2D eigenvalue weighted by Gasteiger charge is -1.93. The molecule has 0 bridgehead atoms. The van der Waals surface area contributed by atoms with Gasteiger partial charge in [0, 0.05) is 0 Å². The van der Waals surface area contributed by atoms with Gasteiger partial charge in [0.2, 0.25) is 0 Å². The number of hydrogen-bond acceptors (Lipinski definition) is 3. The molecule has 1 N–H and O–H groups in total. The minimum atomic E-state index is -5.08. The zero-order valence-corrected chi connectivity index (χ0v) is 7.73. The van der Waals surface area contributed by atoms with E-state index in [9.17, 15) is 13.2 Å². The van der Waals surface area contributed by atoms with Gasteiger partial charge in [0.25, 0.3) is 0 Å². The summed E-state index contributed by atoms with van der Waals surface area (Å²) in [7, 11) is 0. The number of fused-ring (bicyclic) bond motifs is 1. The minimum Gasteiger partial charge on any atom is -0.475 e. The van der Waals surface area contributed by atoms with Crippen LogP contribution < -0.4 is 0 Å². The van der Waals surface area contributed by atoms with Crippen molar-refractivity contribution in [3.05, 3.63) is 30.7 Å². The third-order valence-corrected chi connectivity index (χ3v) is 1.48. The van der Waals surface area contributed by atoms with Crippen LogP contribution in [0.2, 0.25) is 0 Å². The lowest BCUT2D eigenvalue weighted by molar-refractivity contribution is -0.192. The highest BCUT2D eigenvalue weighted by molar-refractivity contribution is 5.73. The van der Waals surface area contributed by atoms with Crippen LogP contribution in [0.15, 0.2) is 35.1 Å². The second-order valence-corrected chi connectivity index (χ2v) is 2.62. The number of rotatable bonds is 0. The van der Waals surface area contributed by atoms with Gasteiger partial charge in [-0.1, -0.05) is 12.1 Å². The Hall–Kier alpha value is -2.05. The van der Waals surface area contributed by atoms with Crippen LogP contribution >= 0.6 is 0 Å². The van der Waals surface area contributed by atoms with Gasteiger partial charge in [-0.3, -0.25) is 0 Å². The molecular weight excluding hydrogens is 227 g/mol. The molecule has 0 aliphatic rings. The van der Waals surface area contributed by atoms with Crippen molar-refractivity contribution in [2.24, 2.45) is 0 Å². The molecule has 0 unspecified atom stereocenters. The zero-order chi connectivity index (χ0) is 12.2. The maximum absolute atomic E-state index is 10.6. The molecule has 1 heterocycles. The molecule has 0 radical (unpaired) electrons. The van der Waals surface area contributed by atoms with Crippen molar-refractivity contribution >= 4 is 17.1 Å². The van der Waals surface area contributed by atoms with Crippen LogP contribution in [-0.2, 0) is 4.79 Å². The standard InChI is InChI=1S/C7H5NO.C2HF3O2/c1-2-4-7-6(3-1)8-5-9-7;3-2(4,5)1(6)7/h1-5H;(H,6,7). The molecule has 0 fully saturated rings. The number of nitrogens with zero attached hydrogens (tertiary/aromatic N) is 1. The maximum Gasteiger partial charge on any atom is 0.490 e. The van der Waals surface area contributed by atoms with Gasteiger partial charge in [-0.25, -0.2) is 9.78 Å². The molecule has 7 heteroatoms. The molecule has 16 heavy (non-hydrogen) atoms. The van der Waals surface area contributed by atoms with Crippen LogP contribution in [-0.4, -0.2) is 22.2 Å². The number of aromatic nitrogens is 1. The van der Waals surface area contributed by atoms with Gasteiger partial charge in [0.05, 0.1) is 0 Å². The number of alkyl halides is 3. The van der Waals surface area contributed by atoms with Gasteiger partial charge < -0.3 is 9.52 Å². The zero-order valence-electron chi connectivity index (χ0n) is 7.73. The van der Waals surface area contributed by atoms with E-state index in [1.165, 1.54) is 6.39 Å². The second kappa shape index (κ2) is 4.65. The molecule has 86 valence electrons. The minimum absolute atomic E-state index is 0.845. The molecular formula is C9H6F3NO3. The summed E-state index contributed by atoms with van der Waals surface area (Å²) in [6, 6.07) is 7.67. The number of carboxylic acids is 1. The predicted molar refractivity (Wildman–Crippen MR) is 47.7 cm³/mol. The van der Waals surface area contributed by atoms with Gasteiger partial charge >= 0.3 is 12.1 Å². The Morgan fingerprint density at radius 3 is 2.38 bits per heavy atom. The number of benzene rings is 1. The molecule has 0 aliphatic heterocycles. The average Bonchev–Trinajstić information content (AvgIpc) is 2.64. The van der Waals surface area contributed by atoms with Gasteiger partial charge in [0.15, 0.2) is 12.0 Å². The third kappa shape index (κ3) is 3.26. The van der Waals surface area contributed by atoms with Crippen LogP contribution in [0.5, 0.6) is 0 Å². The number of carboxylic acid groups (broad SMARTS) is 1. The molecule has 0 spiro atoms. The summed E-state index contributed by atoms with van der Waals surface area (Å²) < 4.78 is 36.7. The van der Waals surface area contributed by atoms with Crippen molar-refractivity contribution in [1.29, 1.82) is 0 Å². The largest absolute Gasteiger partial charge is 0.490 e. The number of carbonyl (C=O) groups is 1. The first-order chi connectivity index (χ1) is 7.41. The number of halogens is 3. The molecule has 2 rings (SSSR count). The number of oxazole rings is 1. The smallest absolute Gasteiger partial charge is 0.475 e. The Morgan fingerprint density at radius 1 is 1.31 bits per heavy atom. The van der Waals surface area contributed by atoms with Crippen molar-refractivity contribution in [3.8, 4) is 0 Å². The van der Waals surface area contributed by atoms with Gasteiger partial charge in [-0.2, -0.15) is 13.2 Å². The molecule has 2 aromatic rings. The second-order valence-electron chi connectivity index (χ2n) is 2.62. The van der Waals surface area contributed by atoms with Gasteiger partial charge in [-0.05, 0) is 12.1 Å². The fourth-order valence-electron chi connectivity index (χ4n) is 0.803. The van der Waals surface area contributed by atoms with Crippen molar-refractivity contribution in [2.75, 3.05) is 0 Å². The predicted octanol–water partition coefficient (Wildman–Crippen LogP) is 2.46. The van der Waals surface area contributed by atoms with Crippen molar-refractivity contribution in [3.63, 3.8) is 0 Å². The Bertz CT molecular complexity index is 448. The van der Waals surface area contributed by atoms with Crippen LogP contribution in [0.1, 0.15) is 0 Å². The molecule has 1 aromatic heterocycles. The molecule has 0 aliphatic carbocycles. The Balaban J connectivity index is 0.000000168. The fraction of sp³-hybridized carbons (Fsp3) is 0.111. The summed E-state index contributed by atoms with van der Waals surface area (Å²) in [4.78, 5) is 12.8. The summed E-state index contributed by atoms with van der Waals surface area (Å²) >= 11 is 0. The summed E-state index contributed by atoms with van der Waals surface area (Å²) in [5.41, 5.74) is 1.76. The maximum atomic E-state index is 10.6. The molecule has 0 saturated heterocycles. The highest BCUT2D eigenvalue weighted by atomic mass is 19.4. The van der Waals surface area contributed by atoms with Crippen LogP contribution in [0.3, 0.4) is 0 Å². The number of para-hydroxylation sites is 2. The lowest BCUT2D eigenvalue weighted by atomic mass is 10.3. The molecule has 1 aromatic carbocycles. The van der Waals surface area contributed by atoms with E-state index in [1.807, 2.05) is 24.3 Å². The van der Waals surface area contributed by atoms with Crippen molar-refractivity contribution in [2.45, 2.75) is 6.18 Å². The van der Waals surface area contributed by atoms with E-state index in [0.717, 1.165) is 11.1 Å². The van der Waals surface area contributed by atoms with E-state index in [1.54, 1.807) is 0 Å². The number of hydrogen-bond donors (Lipinski definition) is 1.